The largest absolute Gasteiger partial charge is 0.478 e. The molecule has 0 N–H and O–H groups in total. The smallest absolute Gasteiger partial charge is 0.236 e. The van der Waals surface area contributed by atoms with E-state index in [4.69, 9.17) is 4.74 Å². The Labute approximate surface area is 131 Å². The van der Waals surface area contributed by atoms with Gasteiger partial charge in [0.1, 0.15) is 6.33 Å². The number of hydrogen-bond acceptors (Lipinski definition) is 5. The Kier molecular flexibility index (Phi) is 4.57. The van der Waals surface area contributed by atoms with Crippen LogP contribution in [-0.2, 0) is 17.8 Å². The van der Waals surface area contributed by atoms with Gasteiger partial charge in [-0.3, -0.25) is 9.69 Å². The zero-order chi connectivity index (χ0) is 15.5. The molecule has 2 heterocycles. The number of likely N-dealkylation sites (N-methyl/N-ethyl adjacent to an activating group) is 1. The number of hydrogen-bond donors (Lipinski definition) is 0. The number of amides is 1. The van der Waals surface area contributed by atoms with E-state index < -0.39 is 0 Å². The zero-order valence-electron chi connectivity index (χ0n) is 13.4. The van der Waals surface area contributed by atoms with E-state index in [1.54, 1.807) is 6.33 Å². The van der Waals surface area contributed by atoms with Gasteiger partial charge in [-0.25, -0.2) is 9.97 Å². The predicted octanol–water partition coefficient (Wildman–Crippen LogP) is 1.24. The van der Waals surface area contributed by atoms with Crippen molar-refractivity contribution in [3.63, 3.8) is 0 Å². The first kappa shape index (κ1) is 15.2. The molecule has 6 heteroatoms. The van der Waals surface area contributed by atoms with Gasteiger partial charge in [-0.15, -0.1) is 0 Å². The Morgan fingerprint density at radius 1 is 1.41 bits per heavy atom. The molecular formula is C16H24N4O2. The number of rotatable bonds is 6. The average molecular weight is 304 g/mol. The minimum absolute atomic E-state index is 0.239. The maximum absolute atomic E-state index is 12.5. The van der Waals surface area contributed by atoms with Gasteiger partial charge in [0, 0.05) is 37.7 Å². The van der Waals surface area contributed by atoms with Crippen LogP contribution in [0.4, 0.5) is 0 Å². The number of aromatic nitrogens is 2. The normalized spacial score (nSPS) is 17.9. The van der Waals surface area contributed by atoms with Crippen LogP contribution >= 0.6 is 0 Å². The van der Waals surface area contributed by atoms with Crippen molar-refractivity contribution in [3.8, 4) is 5.88 Å². The predicted molar refractivity (Wildman–Crippen MR) is 82.6 cm³/mol. The van der Waals surface area contributed by atoms with Crippen molar-refractivity contribution in [3.05, 3.63) is 17.6 Å². The maximum Gasteiger partial charge on any atom is 0.236 e. The van der Waals surface area contributed by atoms with Crippen LogP contribution < -0.4 is 4.74 Å². The second-order valence-electron chi connectivity index (χ2n) is 5.91. The second-order valence-corrected chi connectivity index (χ2v) is 5.91. The van der Waals surface area contributed by atoms with Gasteiger partial charge in [0.25, 0.3) is 0 Å². The van der Waals surface area contributed by atoms with Crippen molar-refractivity contribution in [1.29, 1.82) is 0 Å². The first-order valence-corrected chi connectivity index (χ1v) is 8.20. The molecule has 22 heavy (non-hydrogen) atoms. The molecule has 1 fully saturated rings. The van der Waals surface area contributed by atoms with Gasteiger partial charge in [-0.1, -0.05) is 0 Å². The van der Waals surface area contributed by atoms with E-state index in [2.05, 4.69) is 21.8 Å². The van der Waals surface area contributed by atoms with Crippen LogP contribution in [0.5, 0.6) is 5.88 Å². The lowest BCUT2D eigenvalue weighted by atomic mass is 10.1. The summed E-state index contributed by atoms with van der Waals surface area (Å²) in [6.45, 7) is 7.44. The fraction of sp³-hybridized carbons (Fsp3) is 0.688. The van der Waals surface area contributed by atoms with Crippen LogP contribution in [0.15, 0.2) is 6.33 Å². The molecule has 0 aromatic carbocycles. The molecular weight excluding hydrogens is 280 g/mol. The number of nitrogens with zero attached hydrogens (tertiary/aromatic N) is 4. The third-order valence-electron chi connectivity index (χ3n) is 4.33. The van der Waals surface area contributed by atoms with Crippen LogP contribution in [-0.4, -0.2) is 58.0 Å². The lowest BCUT2D eigenvalue weighted by molar-refractivity contribution is -0.133. The van der Waals surface area contributed by atoms with E-state index in [1.807, 2.05) is 11.8 Å². The van der Waals surface area contributed by atoms with Crippen molar-refractivity contribution in [2.45, 2.75) is 45.7 Å². The SMILES string of the molecule is CCOc1ncnc2c1CN(CC(=O)N(CC)C1CC1)CC2. The van der Waals surface area contributed by atoms with Crippen LogP contribution in [0.1, 0.15) is 37.9 Å². The number of carbonyl (C=O) groups excluding carboxylic acids is 1. The molecule has 3 rings (SSSR count). The monoisotopic (exact) mass is 304 g/mol. The molecule has 6 nitrogen and oxygen atoms in total. The van der Waals surface area contributed by atoms with Gasteiger partial charge in [0.15, 0.2) is 0 Å². The highest BCUT2D eigenvalue weighted by molar-refractivity contribution is 5.79. The van der Waals surface area contributed by atoms with Crippen molar-refractivity contribution < 1.29 is 9.53 Å². The van der Waals surface area contributed by atoms with Crippen molar-refractivity contribution in [2.24, 2.45) is 0 Å². The fourth-order valence-corrected chi connectivity index (χ4v) is 3.07. The molecule has 0 unspecified atom stereocenters. The Hall–Kier alpha value is -1.69. The van der Waals surface area contributed by atoms with E-state index in [-0.39, 0.29) is 5.91 Å². The molecule has 1 aliphatic carbocycles. The molecule has 1 saturated carbocycles. The molecule has 120 valence electrons. The summed E-state index contributed by atoms with van der Waals surface area (Å²) in [5.41, 5.74) is 2.09. The molecule has 0 radical (unpaired) electrons. The van der Waals surface area contributed by atoms with Gasteiger partial charge >= 0.3 is 0 Å². The minimum atomic E-state index is 0.239. The van der Waals surface area contributed by atoms with E-state index >= 15 is 0 Å². The lowest BCUT2D eigenvalue weighted by Crippen LogP contribution is -2.43. The summed E-state index contributed by atoms with van der Waals surface area (Å²) in [7, 11) is 0. The number of fused-ring (bicyclic) bond motifs is 1. The summed E-state index contributed by atoms with van der Waals surface area (Å²) in [5, 5.41) is 0. The van der Waals surface area contributed by atoms with Gasteiger partial charge in [0.2, 0.25) is 11.8 Å². The van der Waals surface area contributed by atoms with Gasteiger partial charge < -0.3 is 9.64 Å². The molecule has 0 bridgehead atoms. The molecule has 0 saturated heterocycles. The fourth-order valence-electron chi connectivity index (χ4n) is 3.07. The molecule has 1 aromatic rings. The van der Waals surface area contributed by atoms with Crippen LogP contribution in [0.25, 0.3) is 0 Å². The average Bonchev–Trinajstić information content (AvgIpc) is 3.34. The minimum Gasteiger partial charge on any atom is -0.478 e. The summed E-state index contributed by atoms with van der Waals surface area (Å²) in [6, 6.07) is 0.483. The van der Waals surface area contributed by atoms with Crippen molar-refractivity contribution in [1.82, 2.24) is 19.8 Å². The Morgan fingerprint density at radius 3 is 2.91 bits per heavy atom. The highest BCUT2D eigenvalue weighted by Crippen LogP contribution is 2.28. The summed E-state index contributed by atoms with van der Waals surface area (Å²) in [4.78, 5) is 25.2. The van der Waals surface area contributed by atoms with Crippen LogP contribution in [0.2, 0.25) is 0 Å². The number of carbonyl (C=O) groups is 1. The Bertz CT molecular complexity index is 545. The Morgan fingerprint density at radius 2 is 2.23 bits per heavy atom. The van der Waals surface area contributed by atoms with Gasteiger partial charge in [-0.2, -0.15) is 0 Å². The summed E-state index contributed by atoms with van der Waals surface area (Å²) in [5.74, 6) is 0.905. The topological polar surface area (TPSA) is 58.6 Å². The quantitative estimate of drug-likeness (QED) is 0.791. The molecule has 1 aromatic heterocycles. The molecule has 1 aliphatic heterocycles. The molecule has 2 aliphatic rings. The molecule has 1 amide bonds. The van der Waals surface area contributed by atoms with Crippen LogP contribution in [0, 0.1) is 0 Å². The van der Waals surface area contributed by atoms with E-state index in [0.29, 0.717) is 31.6 Å². The highest BCUT2D eigenvalue weighted by Gasteiger charge is 2.32. The van der Waals surface area contributed by atoms with Crippen molar-refractivity contribution >= 4 is 5.91 Å². The Balaban J connectivity index is 1.67. The van der Waals surface area contributed by atoms with Crippen LogP contribution in [0.3, 0.4) is 0 Å². The molecule has 0 atom stereocenters. The van der Waals surface area contributed by atoms with Crippen molar-refractivity contribution in [2.75, 3.05) is 26.2 Å². The maximum atomic E-state index is 12.5. The first-order chi connectivity index (χ1) is 10.7. The summed E-state index contributed by atoms with van der Waals surface area (Å²) < 4.78 is 5.60. The second kappa shape index (κ2) is 6.60. The van der Waals surface area contributed by atoms with Gasteiger partial charge in [-0.05, 0) is 26.7 Å². The summed E-state index contributed by atoms with van der Waals surface area (Å²) >= 11 is 0. The molecule has 0 spiro atoms. The van der Waals surface area contributed by atoms with E-state index in [0.717, 1.165) is 43.6 Å². The first-order valence-electron chi connectivity index (χ1n) is 8.20. The van der Waals surface area contributed by atoms with Gasteiger partial charge in [0.05, 0.1) is 18.8 Å². The summed E-state index contributed by atoms with van der Waals surface area (Å²) in [6.07, 6.45) is 4.73. The third kappa shape index (κ3) is 3.21. The third-order valence-corrected chi connectivity index (χ3v) is 4.33. The van der Waals surface area contributed by atoms with E-state index in [1.165, 1.54) is 0 Å². The standard InChI is InChI=1S/C16H24N4O2/c1-3-20(12-5-6-12)15(21)10-19-8-7-14-13(9-19)16(22-4-2)18-11-17-14/h11-12H,3-10H2,1-2H3. The number of ether oxygens (including phenoxy) is 1. The zero-order valence-corrected chi connectivity index (χ0v) is 13.4. The van der Waals surface area contributed by atoms with E-state index in [9.17, 15) is 4.79 Å². The highest BCUT2D eigenvalue weighted by atomic mass is 16.5. The lowest BCUT2D eigenvalue weighted by Gasteiger charge is -2.30.